The molecule has 0 saturated heterocycles. The van der Waals surface area contributed by atoms with Crippen LogP contribution in [0, 0.1) is 0 Å². The normalized spacial score (nSPS) is 13.5. The smallest absolute Gasteiger partial charge is 0.0798 e. The lowest BCUT2D eigenvalue weighted by Gasteiger charge is -1.96. The fourth-order valence-electron chi connectivity index (χ4n) is 0.649. The van der Waals surface area contributed by atoms with Gasteiger partial charge in [-0.05, 0) is 15.9 Å². The van der Waals surface area contributed by atoms with Crippen LogP contribution in [0.4, 0.5) is 0 Å². The van der Waals surface area contributed by atoms with E-state index in [1.54, 1.807) is 25.0 Å². The van der Waals surface area contributed by atoms with Gasteiger partial charge in [-0.2, -0.15) is 0 Å². The lowest BCUT2D eigenvalue weighted by Crippen LogP contribution is -1.96. The van der Waals surface area contributed by atoms with Crippen LogP contribution in [0.15, 0.2) is 21.2 Å². The average Bonchev–Trinajstić information content (AvgIpc) is 2.55. The number of hydrogen-bond acceptors (Lipinski definition) is 4. The van der Waals surface area contributed by atoms with E-state index < -0.39 is 0 Å². The highest BCUT2D eigenvalue weighted by atomic mass is 79.9. The molecule has 12 heavy (non-hydrogen) atoms. The van der Waals surface area contributed by atoms with Crippen molar-refractivity contribution < 1.29 is 0 Å². The van der Waals surface area contributed by atoms with Crippen molar-refractivity contribution in [2.75, 3.05) is 7.05 Å². The van der Waals surface area contributed by atoms with E-state index in [-0.39, 0.29) is 0 Å². The highest BCUT2D eigenvalue weighted by Gasteiger charge is 2.01. The number of halogens is 1. The lowest BCUT2D eigenvalue weighted by atomic mass is 10.4. The summed E-state index contributed by atoms with van der Waals surface area (Å²) in [6.45, 7) is 0. The molecular formula is C7H8BrN3S. The minimum absolute atomic E-state index is 0.670. The molecule has 1 rings (SSSR count). The van der Waals surface area contributed by atoms with E-state index in [1.165, 1.54) is 11.3 Å². The number of hydrogen-bond donors (Lipinski definition) is 1. The molecule has 3 nitrogen and oxygen atoms in total. The Hall–Kier alpha value is -0.680. The Morgan fingerprint density at radius 3 is 3.08 bits per heavy atom. The fraction of sp³-hybridized carbons (Fsp3) is 0.143. The summed E-state index contributed by atoms with van der Waals surface area (Å²) >= 11 is 4.81. The van der Waals surface area contributed by atoms with Crippen LogP contribution in [0.5, 0.6) is 0 Å². The van der Waals surface area contributed by atoms with E-state index in [2.05, 4.69) is 25.9 Å². The maximum Gasteiger partial charge on any atom is 0.0798 e. The first-order valence-electron chi connectivity index (χ1n) is 3.22. The molecule has 0 radical (unpaired) electrons. The standard InChI is InChI=1S/C7H8BrN3S/c1-10-2-5(8)7(9)6-3-11-4-12-6/h2-4H,9H2,1H3. The first kappa shape index (κ1) is 9.41. The Morgan fingerprint density at radius 1 is 1.83 bits per heavy atom. The molecule has 1 aromatic heterocycles. The molecule has 0 atom stereocenters. The van der Waals surface area contributed by atoms with Gasteiger partial charge in [-0.15, -0.1) is 11.3 Å². The first-order valence-corrected chi connectivity index (χ1v) is 4.89. The molecule has 0 saturated carbocycles. The summed E-state index contributed by atoms with van der Waals surface area (Å²) in [6.07, 6.45) is 3.39. The number of rotatable bonds is 2. The molecule has 0 bridgehead atoms. The Bertz CT molecular complexity index is 302. The topological polar surface area (TPSA) is 51.3 Å². The molecule has 0 aliphatic heterocycles. The number of aromatic nitrogens is 1. The van der Waals surface area contributed by atoms with Crippen molar-refractivity contribution >= 4 is 39.2 Å². The Morgan fingerprint density at radius 2 is 2.58 bits per heavy atom. The van der Waals surface area contributed by atoms with Gasteiger partial charge in [-0.3, -0.25) is 9.98 Å². The number of allylic oxidation sites excluding steroid dienone is 1. The van der Waals surface area contributed by atoms with Gasteiger partial charge in [0.05, 0.1) is 20.6 Å². The van der Waals surface area contributed by atoms with Gasteiger partial charge in [0, 0.05) is 19.5 Å². The number of aliphatic imine (C=N–C) groups is 1. The van der Waals surface area contributed by atoms with Crippen molar-refractivity contribution in [3.63, 3.8) is 0 Å². The molecule has 2 N–H and O–H groups in total. The first-order chi connectivity index (χ1) is 5.75. The molecule has 0 aliphatic rings. The van der Waals surface area contributed by atoms with Gasteiger partial charge in [0.1, 0.15) is 0 Å². The van der Waals surface area contributed by atoms with Gasteiger partial charge in [0.2, 0.25) is 0 Å². The van der Waals surface area contributed by atoms with Crippen LogP contribution in [0.25, 0.3) is 5.70 Å². The summed E-state index contributed by atoms with van der Waals surface area (Å²) in [4.78, 5) is 8.71. The zero-order valence-electron chi connectivity index (χ0n) is 6.49. The molecule has 0 amide bonds. The highest BCUT2D eigenvalue weighted by molar-refractivity contribution is 9.12. The van der Waals surface area contributed by atoms with Gasteiger partial charge in [-0.25, -0.2) is 0 Å². The number of nitrogens with two attached hydrogens (primary N) is 1. The summed E-state index contributed by atoms with van der Waals surface area (Å²) in [5, 5.41) is 0. The maximum atomic E-state index is 5.78. The summed E-state index contributed by atoms with van der Waals surface area (Å²) in [6, 6.07) is 0. The quantitative estimate of drug-likeness (QED) is 0.810. The van der Waals surface area contributed by atoms with E-state index in [4.69, 9.17) is 5.73 Å². The van der Waals surface area contributed by atoms with Gasteiger partial charge in [0.25, 0.3) is 0 Å². The van der Waals surface area contributed by atoms with Gasteiger partial charge in [0.15, 0.2) is 0 Å². The third kappa shape index (κ3) is 2.15. The summed E-state index contributed by atoms with van der Waals surface area (Å²) < 4.78 is 0.786. The molecule has 0 fully saturated rings. The van der Waals surface area contributed by atoms with E-state index in [1.807, 2.05) is 0 Å². The second-order valence-electron chi connectivity index (χ2n) is 2.01. The second-order valence-corrected chi connectivity index (χ2v) is 3.76. The molecule has 0 unspecified atom stereocenters. The second kappa shape index (κ2) is 4.37. The van der Waals surface area contributed by atoms with Crippen molar-refractivity contribution in [2.24, 2.45) is 10.7 Å². The van der Waals surface area contributed by atoms with Crippen LogP contribution in [0.3, 0.4) is 0 Å². The molecule has 1 heterocycles. The zero-order valence-corrected chi connectivity index (χ0v) is 8.89. The number of nitrogens with zero attached hydrogens (tertiary/aromatic N) is 2. The van der Waals surface area contributed by atoms with E-state index >= 15 is 0 Å². The summed E-state index contributed by atoms with van der Waals surface area (Å²) in [5.74, 6) is 0. The monoisotopic (exact) mass is 245 g/mol. The van der Waals surface area contributed by atoms with Crippen molar-refractivity contribution in [3.05, 3.63) is 21.1 Å². The van der Waals surface area contributed by atoms with Crippen molar-refractivity contribution in [2.45, 2.75) is 0 Å². The predicted molar refractivity (Wildman–Crippen MR) is 56.6 cm³/mol. The largest absolute Gasteiger partial charge is 0.397 e. The molecule has 0 spiro atoms. The van der Waals surface area contributed by atoms with Crippen LogP contribution >= 0.6 is 27.3 Å². The van der Waals surface area contributed by atoms with E-state index in [0.29, 0.717) is 5.70 Å². The van der Waals surface area contributed by atoms with Gasteiger partial charge >= 0.3 is 0 Å². The highest BCUT2D eigenvalue weighted by Crippen LogP contribution is 2.19. The van der Waals surface area contributed by atoms with Gasteiger partial charge in [-0.1, -0.05) is 0 Å². The van der Waals surface area contributed by atoms with Crippen LogP contribution in [0.2, 0.25) is 0 Å². The fourth-order valence-corrected chi connectivity index (χ4v) is 1.79. The van der Waals surface area contributed by atoms with E-state index in [9.17, 15) is 0 Å². The molecule has 0 aliphatic carbocycles. The van der Waals surface area contributed by atoms with Crippen LogP contribution < -0.4 is 5.73 Å². The van der Waals surface area contributed by atoms with Crippen LogP contribution in [-0.4, -0.2) is 18.2 Å². The SMILES string of the molecule is CN=CC(Br)=C(N)c1cncs1. The number of thiazole rings is 1. The van der Waals surface area contributed by atoms with Crippen LogP contribution in [-0.2, 0) is 0 Å². The van der Waals surface area contributed by atoms with Crippen molar-refractivity contribution in [1.29, 1.82) is 0 Å². The predicted octanol–water partition coefficient (Wildman–Crippen LogP) is 1.87. The average molecular weight is 246 g/mol. The van der Waals surface area contributed by atoms with Crippen molar-refractivity contribution in [1.82, 2.24) is 4.98 Å². The molecule has 0 aromatic carbocycles. The van der Waals surface area contributed by atoms with Gasteiger partial charge < -0.3 is 5.73 Å². The Labute approximate surface area is 83.2 Å². The molecule has 1 aromatic rings. The summed E-state index contributed by atoms with van der Waals surface area (Å²) in [7, 11) is 1.70. The third-order valence-electron chi connectivity index (χ3n) is 1.20. The zero-order chi connectivity index (χ0) is 8.97. The molecule has 5 heteroatoms. The minimum Gasteiger partial charge on any atom is -0.397 e. The Balaban J connectivity index is 2.97. The molecule has 64 valence electrons. The van der Waals surface area contributed by atoms with Crippen molar-refractivity contribution in [3.8, 4) is 0 Å². The maximum absolute atomic E-state index is 5.78. The third-order valence-corrected chi connectivity index (χ3v) is 2.64. The molecular weight excluding hydrogens is 238 g/mol. The lowest BCUT2D eigenvalue weighted by molar-refractivity contribution is 1.40. The van der Waals surface area contributed by atoms with E-state index in [0.717, 1.165) is 9.36 Å². The Kier molecular flexibility index (Phi) is 3.43. The minimum atomic E-state index is 0.670. The summed E-state index contributed by atoms with van der Waals surface area (Å²) in [5.41, 5.74) is 8.19. The van der Waals surface area contributed by atoms with Crippen LogP contribution in [0.1, 0.15) is 4.88 Å².